The highest BCUT2D eigenvalue weighted by Crippen LogP contribution is 2.29. The number of carboxylic acids is 1. The lowest BCUT2D eigenvalue weighted by molar-refractivity contribution is -0.137. The molecular formula is C9H17NO4S. The summed E-state index contributed by atoms with van der Waals surface area (Å²) in [6, 6.07) is 0.171. The minimum atomic E-state index is -3.23. The maximum Gasteiger partial charge on any atom is 0.303 e. The number of sulfonamides is 1. The molecule has 5 nitrogen and oxygen atoms in total. The number of carbonyl (C=O) groups is 1. The predicted molar refractivity (Wildman–Crippen MR) is 56.1 cm³/mol. The molecule has 6 heteroatoms. The first kappa shape index (κ1) is 12.4. The van der Waals surface area contributed by atoms with Gasteiger partial charge in [0.15, 0.2) is 0 Å². The normalized spacial score (nSPS) is 16.9. The van der Waals surface area contributed by atoms with Crippen molar-refractivity contribution in [2.75, 3.05) is 12.3 Å². The van der Waals surface area contributed by atoms with Crippen molar-refractivity contribution in [1.82, 2.24) is 4.31 Å². The second kappa shape index (κ2) is 4.94. The van der Waals surface area contributed by atoms with Gasteiger partial charge in [-0.2, -0.15) is 4.31 Å². The Morgan fingerprint density at radius 1 is 1.47 bits per heavy atom. The van der Waals surface area contributed by atoms with Crippen molar-refractivity contribution in [2.24, 2.45) is 0 Å². The fraction of sp³-hybridized carbons (Fsp3) is 0.889. The molecule has 0 aliphatic heterocycles. The number of rotatable bonds is 7. The lowest BCUT2D eigenvalue weighted by Crippen LogP contribution is -2.34. The number of carboxylic acid groups (broad SMARTS) is 1. The summed E-state index contributed by atoms with van der Waals surface area (Å²) in [5, 5.41) is 8.42. The van der Waals surface area contributed by atoms with Crippen LogP contribution in [0, 0.1) is 0 Å². The van der Waals surface area contributed by atoms with E-state index in [0.717, 1.165) is 12.8 Å². The van der Waals surface area contributed by atoms with Gasteiger partial charge in [0.2, 0.25) is 10.0 Å². The molecule has 1 aliphatic carbocycles. The van der Waals surface area contributed by atoms with E-state index in [1.54, 1.807) is 0 Å². The van der Waals surface area contributed by atoms with Gasteiger partial charge in [0, 0.05) is 19.0 Å². The van der Waals surface area contributed by atoms with Gasteiger partial charge in [0.1, 0.15) is 0 Å². The third kappa shape index (κ3) is 3.79. The van der Waals surface area contributed by atoms with Crippen LogP contribution >= 0.6 is 0 Å². The molecule has 1 N–H and O–H groups in total. The molecule has 0 radical (unpaired) electrons. The van der Waals surface area contributed by atoms with Crippen molar-refractivity contribution < 1.29 is 18.3 Å². The Labute approximate surface area is 90.1 Å². The van der Waals surface area contributed by atoms with Crippen molar-refractivity contribution in [1.29, 1.82) is 0 Å². The Hall–Kier alpha value is -0.620. The van der Waals surface area contributed by atoms with Crippen molar-refractivity contribution in [3.8, 4) is 0 Å². The SMILES string of the molecule is CCN(C1CC1)S(=O)(=O)CCCC(=O)O. The summed E-state index contributed by atoms with van der Waals surface area (Å²) in [6.07, 6.45) is 1.99. The zero-order valence-corrected chi connectivity index (χ0v) is 9.66. The molecule has 1 aliphatic rings. The number of hydrogen-bond acceptors (Lipinski definition) is 3. The van der Waals surface area contributed by atoms with E-state index in [1.807, 2.05) is 6.92 Å². The van der Waals surface area contributed by atoms with Crippen molar-refractivity contribution in [3.63, 3.8) is 0 Å². The van der Waals surface area contributed by atoms with Crippen molar-refractivity contribution in [3.05, 3.63) is 0 Å². The van der Waals surface area contributed by atoms with Crippen molar-refractivity contribution >= 4 is 16.0 Å². The summed E-state index contributed by atoms with van der Waals surface area (Å²) >= 11 is 0. The average Bonchev–Trinajstić information content (AvgIpc) is 2.87. The fourth-order valence-corrected chi connectivity index (χ4v) is 3.37. The van der Waals surface area contributed by atoms with E-state index in [9.17, 15) is 13.2 Å². The summed E-state index contributed by atoms with van der Waals surface area (Å²) in [6.45, 7) is 2.30. The molecule has 0 saturated heterocycles. The Balaban J connectivity index is 2.45. The monoisotopic (exact) mass is 235 g/mol. The van der Waals surface area contributed by atoms with Crippen LogP contribution < -0.4 is 0 Å². The standard InChI is InChI=1S/C9H17NO4S/c1-2-10(8-5-6-8)15(13,14)7-3-4-9(11)12/h8H,2-7H2,1H3,(H,11,12). The molecule has 0 amide bonds. The van der Waals surface area contributed by atoms with E-state index in [-0.39, 0.29) is 24.6 Å². The van der Waals surface area contributed by atoms with Gasteiger partial charge in [-0.15, -0.1) is 0 Å². The van der Waals surface area contributed by atoms with E-state index in [4.69, 9.17) is 5.11 Å². The van der Waals surface area contributed by atoms with E-state index in [0.29, 0.717) is 6.54 Å². The molecular weight excluding hydrogens is 218 g/mol. The van der Waals surface area contributed by atoms with Gasteiger partial charge in [-0.25, -0.2) is 8.42 Å². The van der Waals surface area contributed by atoms with Crippen LogP contribution in [-0.4, -0.2) is 42.1 Å². The molecule has 0 aromatic heterocycles. The van der Waals surface area contributed by atoms with Gasteiger partial charge in [0.25, 0.3) is 0 Å². The number of hydrogen-bond donors (Lipinski definition) is 1. The molecule has 15 heavy (non-hydrogen) atoms. The molecule has 0 aromatic carbocycles. The van der Waals surface area contributed by atoms with Crippen LogP contribution in [0.1, 0.15) is 32.6 Å². The van der Waals surface area contributed by atoms with E-state index in [2.05, 4.69) is 0 Å². The van der Waals surface area contributed by atoms with Gasteiger partial charge in [0.05, 0.1) is 5.75 Å². The maximum atomic E-state index is 11.8. The second-order valence-electron chi connectivity index (χ2n) is 3.75. The Morgan fingerprint density at radius 3 is 2.47 bits per heavy atom. The third-order valence-corrected chi connectivity index (χ3v) is 4.49. The lowest BCUT2D eigenvalue weighted by atomic mass is 10.3. The molecule has 0 atom stereocenters. The van der Waals surface area contributed by atoms with Crippen LogP contribution in [0.5, 0.6) is 0 Å². The summed E-state index contributed by atoms with van der Waals surface area (Å²) in [5.74, 6) is -0.997. The molecule has 88 valence electrons. The van der Waals surface area contributed by atoms with E-state index in [1.165, 1.54) is 4.31 Å². The summed E-state index contributed by atoms with van der Waals surface area (Å²) in [7, 11) is -3.23. The minimum Gasteiger partial charge on any atom is -0.481 e. The first-order valence-corrected chi connectivity index (χ1v) is 6.79. The van der Waals surface area contributed by atoms with E-state index < -0.39 is 16.0 Å². The van der Waals surface area contributed by atoms with Crippen molar-refractivity contribution in [2.45, 2.75) is 38.6 Å². The Kier molecular flexibility index (Phi) is 4.10. The molecule has 0 unspecified atom stereocenters. The largest absolute Gasteiger partial charge is 0.481 e. The first-order chi connectivity index (χ1) is 6.97. The minimum absolute atomic E-state index is 0.0519. The zero-order valence-electron chi connectivity index (χ0n) is 8.85. The van der Waals surface area contributed by atoms with Gasteiger partial charge in [-0.3, -0.25) is 4.79 Å². The number of aliphatic carboxylic acids is 1. The van der Waals surface area contributed by atoms with Crippen LogP contribution in [0.4, 0.5) is 0 Å². The van der Waals surface area contributed by atoms with Gasteiger partial charge >= 0.3 is 5.97 Å². The molecule has 1 rings (SSSR count). The van der Waals surface area contributed by atoms with Gasteiger partial charge in [-0.05, 0) is 19.3 Å². The number of nitrogens with zero attached hydrogens (tertiary/aromatic N) is 1. The summed E-state index contributed by atoms with van der Waals surface area (Å²) in [5.41, 5.74) is 0. The van der Waals surface area contributed by atoms with Crippen LogP contribution in [0.2, 0.25) is 0 Å². The summed E-state index contributed by atoms with van der Waals surface area (Å²) in [4.78, 5) is 10.3. The summed E-state index contributed by atoms with van der Waals surface area (Å²) < 4.78 is 25.0. The Morgan fingerprint density at radius 2 is 2.07 bits per heavy atom. The Bertz CT molecular complexity index is 321. The van der Waals surface area contributed by atoms with Crippen LogP contribution in [0.3, 0.4) is 0 Å². The predicted octanol–water partition coefficient (Wildman–Crippen LogP) is 0.665. The highest BCUT2D eigenvalue weighted by Gasteiger charge is 2.35. The maximum absolute atomic E-state index is 11.8. The highest BCUT2D eigenvalue weighted by molar-refractivity contribution is 7.89. The van der Waals surface area contributed by atoms with Crippen LogP contribution in [-0.2, 0) is 14.8 Å². The smallest absolute Gasteiger partial charge is 0.303 e. The molecule has 0 bridgehead atoms. The van der Waals surface area contributed by atoms with Gasteiger partial charge < -0.3 is 5.11 Å². The third-order valence-electron chi connectivity index (χ3n) is 2.42. The average molecular weight is 235 g/mol. The molecule has 1 fully saturated rings. The lowest BCUT2D eigenvalue weighted by Gasteiger charge is -2.19. The second-order valence-corrected chi connectivity index (χ2v) is 5.79. The molecule has 0 aromatic rings. The molecule has 1 saturated carbocycles. The van der Waals surface area contributed by atoms with E-state index >= 15 is 0 Å². The van der Waals surface area contributed by atoms with Crippen LogP contribution in [0.15, 0.2) is 0 Å². The van der Waals surface area contributed by atoms with Crippen LogP contribution in [0.25, 0.3) is 0 Å². The highest BCUT2D eigenvalue weighted by atomic mass is 32.2. The molecule has 0 heterocycles. The zero-order chi connectivity index (χ0) is 11.5. The molecule has 0 spiro atoms. The fourth-order valence-electron chi connectivity index (χ4n) is 1.57. The first-order valence-electron chi connectivity index (χ1n) is 5.18. The quantitative estimate of drug-likeness (QED) is 0.703. The van der Waals surface area contributed by atoms with Gasteiger partial charge in [-0.1, -0.05) is 6.92 Å². The topological polar surface area (TPSA) is 74.7 Å².